The first-order valence-corrected chi connectivity index (χ1v) is 6.67. The number of aromatic nitrogens is 1. The van der Waals surface area contributed by atoms with Gasteiger partial charge in [-0.25, -0.2) is 4.98 Å². The van der Waals surface area contributed by atoms with Gasteiger partial charge in [-0.1, -0.05) is 18.2 Å². The highest BCUT2D eigenvalue weighted by Gasteiger charge is 2.22. The number of hydrogen-bond donors (Lipinski definition) is 1. The van der Waals surface area contributed by atoms with Crippen molar-refractivity contribution in [2.45, 2.75) is 18.9 Å². The van der Waals surface area contributed by atoms with Crippen LogP contribution in [0.4, 0.5) is 0 Å². The first-order valence-electron chi connectivity index (χ1n) is 6.67. The van der Waals surface area contributed by atoms with Gasteiger partial charge in [0.05, 0.1) is 12.3 Å². The number of nitrogens with zero attached hydrogens (tertiary/aromatic N) is 1. The van der Waals surface area contributed by atoms with E-state index in [2.05, 4.69) is 28.5 Å². The largest absolute Gasteiger partial charge is 0.444 e. The summed E-state index contributed by atoms with van der Waals surface area (Å²) in [6.45, 7) is 1.63. The van der Waals surface area contributed by atoms with Gasteiger partial charge in [-0.3, -0.25) is 0 Å². The summed E-state index contributed by atoms with van der Waals surface area (Å²) >= 11 is 0. The van der Waals surface area contributed by atoms with E-state index in [1.165, 1.54) is 17.5 Å². The minimum absolute atomic E-state index is 0.116. The quantitative estimate of drug-likeness (QED) is 0.919. The molecule has 1 aliphatic rings. The molecule has 0 fully saturated rings. The summed E-state index contributed by atoms with van der Waals surface area (Å²) in [6.07, 6.45) is 5.43. The Hall–Kier alpha value is -1.65. The van der Waals surface area contributed by atoms with E-state index in [4.69, 9.17) is 9.15 Å². The van der Waals surface area contributed by atoms with Gasteiger partial charge in [-0.15, -0.1) is 0 Å². The number of hydrogen-bond acceptors (Lipinski definition) is 4. The molecule has 0 spiro atoms. The van der Waals surface area contributed by atoms with Crippen LogP contribution in [0, 0.1) is 0 Å². The summed E-state index contributed by atoms with van der Waals surface area (Å²) in [4.78, 5) is 4.02. The molecular formula is C15H18N2O2. The number of fused-ring (bicyclic) bond motifs is 1. The molecule has 0 bridgehead atoms. The first-order chi connectivity index (χ1) is 9.40. The molecule has 2 heterocycles. The van der Waals surface area contributed by atoms with E-state index in [0.717, 1.165) is 37.3 Å². The summed E-state index contributed by atoms with van der Waals surface area (Å²) in [5, 5.41) is 3.20. The van der Waals surface area contributed by atoms with E-state index in [0.29, 0.717) is 0 Å². The maximum Gasteiger partial charge on any atom is 0.181 e. The Bertz CT molecular complexity index is 537. The molecule has 0 radical (unpaired) electrons. The molecule has 4 nitrogen and oxygen atoms in total. The number of oxazole rings is 1. The molecule has 0 aliphatic carbocycles. The minimum atomic E-state index is 0.116. The van der Waals surface area contributed by atoms with Gasteiger partial charge in [0.15, 0.2) is 12.2 Å². The van der Waals surface area contributed by atoms with Crippen molar-refractivity contribution in [1.82, 2.24) is 10.3 Å². The van der Waals surface area contributed by atoms with Crippen LogP contribution in [-0.4, -0.2) is 25.2 Å². The van der Waals surface area contributed by atoms with Crippen LogP contribution < -0.4 is 5.32 Å². The van der Waals surface area contributed by atoms with Gasteiger partial charge in [0.2, 0.25) is 0 Å². The third-order valence-electron chi connectivity index (χ3n) is 3.54. The molecular weight excluding hydrogens is 240 g/mol. The SMILES string of the molecule is CNC[C@H]1OCCCc2c(-c3cnco3)cccc21. The second-order valence-electron chi connectivity index (χ2n) is 4.76. The van der Waals surface area contributed by atoms with Crippen LogP contribution in [0.25, 0.3) is 11.3 Å². The molecule has 19 heavy (non-hydrogen) atoms. The fourth-order valence-corrected chi connectivity index (χ4v) is 2.68. The van der Waals surface area contributed by atoms with Crippen LogP contribution in [0.3, 0.4) is 0 Å². The maximum atomic E-state index is 5.93. The Morgan fingerprint density at radius 1 is 1.42 bits per heavy atom. The van der Waals surface area contributed by atoms with Crippen LogP contribution in [0.15, 0.2) is 35.2 Å². The van der Waals surface area contributed by atoms with Gasteiger partial charge in [0.25, 0.3) is 0 Å². The summed E-state index contributed by atoms with van der Waals surface area (Å²) in [6, 6.07) is 6.32. The van der Waals surface area contributed by atoms with E-state index >= 15 is 0 Å². The predicted octanol–water partition coefficient (Wildman–Crippen LogP) is 2.56. The molecule has 2 aromatic rings. The van der Waals surface area contributed by atoms with Crippen molar-refractivity contribution in [3.8, 4) is 11.3 Å². The van der Waals surface area contributed by atoms with Crippen molar-refractivity contribution in [3.05, 3.63) is 41.9 Å². The van der Waals surface area contributed by atoms with Gasteiger partial charge in [-0.05, 0) is 31.0 Å². The third kappa shape index (κ3) is 2.41. The Balaban J connectivity index is 2.07. The summed E-state index contributed by atoms with van der Waals surface area (Å²) in [5.74, 6) is 0.835. The second-order valence-corrected chi connectivity index (χ2v) is 4.76. The predicted molar refractivity (Wildman–Crippen MR) is 72.9 cm³/mol. The zero-order valence-electron chi connectivity index (χ0n) is 11.1. The molecule has 0 saturated carbocycles. The average molecular weight is 258 g/mol. The molecule has 0 saturated heterocycles. The van der Waals surface area contributed by atoms with Gasteiger partial charge < -0.3 is 14.5 Å². The van der Waals surface area contributed by atoms with Crippen LogP contribution >= 0.6 is 0 Å². The van der Waals surface area contributed by atoms with Crippen molar-refractivity contribution >= 4 is 0 Å². The maximum absolute atomic E-state index is 5.93. The summed E-state index contributed by atoms with van der Waals surface area (Å²) in [5.41, 5.74) is 3.74. The van der Waals surface area contributed by atoms with Crippen molar-refractivity contribution < 1.29 is 9.15 Å². The fraction of sp³-hybridized carbons (Fsp3) is 0.400. The minimum Gasteiger partial charge on any atom is -0.444 e. The lowest BCUT2D eigenvalue weighted by Crippen LogP contribution is -2.19. The Kier molecular flexibility index (Phi) is 3.62. The Morgan fingerprint density at radius 3 is 3.16 bits per heavy atom. The Labute approximate surface area is 112 Å². The molecule has 1 N–H and O–H groups in total. The van der Waals surface area contributed by atoms with E-state index < -0.39 is 0 Å². The third-order valence-corrected chi connectivity index (χ3v) is 3.54. The molecule has 0 unspecified atom stereocenters. The lowest BCUT2D eigenvalue weighted by atomic mass is 9.93. The number of likely N-dealkylation sites (N-methyl/N-ethyl adjacent to an activating group) is 1. The second kappa shape index (κ2) is 5.55. The van der Waals surface area contributed by atoms with Gasteiger partial charge in [0, 0.05) is 18.7 Å². The smallest absolute Gasteiger partial charge is 0.181 e. The van der Waals surface area contributed by atoms with E-state index in [9.17, 15) is 0 Å². The van der Waals surface area contributed by atoms with Crippen molar-refractivity contribution in [1.29, 1.82) is 0 Å². The lowest BCUT2D eigenvalue weighted by molar-refractivity contribution is 0.0579. The van der Waals surface area contributed by atoms with Crippen molar-refractivity contribution in [2.24, 2.45) is 0 Å². The van der Waals surface area contributed by atoms with Gasteiger partial charge >= 0.3 is 0 Å². The zero-order valence-corrected chi connectivity index (χ0v) is 11.1. The van der Waals surface area contributed by atoms with Gasteiger partial charge in [-0.2, -0.15) is 0 Å². The molecule has 3 rings (SSSR count). The lowest BCUT2D eigenvalue weighted by Gasteiger charge is -2.18. The normalized spacial score (nSPS) is 18.9. The highest BCUT2D eigenvalue weighted by atomic mass is 16.5. The van der Waals surface area contributed by atoms with Gasteiger partial charge in [0.1, 0.15) is 0 Å². The molecule has 1 aromatic heterocycles. The molecule has 1 atom stereocenters. The number of ether oxygens (including phenoxy) is 1. The fourth-order valence-electron chi connectivity index (χ4n) is 2.68. The standard InChI is InChI=1S/C15H18N2O2/c1-16-8-14-12-4-2-5-13(15-9-17-10-19-15)11(12)6-3-7-18-14/h2,4-5,9-10,14,16H,3,6-8H2,1H3/t14-/m1/s1. The van der Waals surface area contributed by atoms with Crippen molar-refractivity contribution in [2.75, 3.05) is 20.2 Å². The van der Waals surface area contributed by atoms with Crippen LogP contribution in [0.2, 0.25) is 0 Å². The summed E-state index contributed by atoms with van der Waals surface area (Å²) in [7, 11) is 1.95. The monoisotopic (exact) mass is 258 g/mol. The average Bonchev–Trinajstić information content (AvgIpc) is 2.89. The van der Waals surface area contributed by atoms with Crippen LogP contribution in [0.1, 0.15) is 23.7 Å². The molecule has 0 amide bonds. The molecule has 100 valence electrons. The number of nitrogens with one attached hydrogen (secondary N) is 1. The van der Waals surface area contributed by atoms with E-state index in [-0.39, 0.29) is 6.10 Å². The molecule has 4 heteroatoms. The van der Waals surface area contributed by atoms with E-state index in [1.807, 2.05) is 7.05 Å². The first kappa shape index (κ1) is 12.4. The molecule has 1 aromatic carbocycles. The van der Waals surface area contributed by atoms with Crippen molar-refractivity contribution in [3.63, 3.8) is 0 Å². The topological polar surface area (TPSA) is 47.3 Å². The highest BCUT2D eigenvalue weighted by molar-refractivity contribution is 5.63. The van der Waals surface area contributed by atoms with Crippen LogP contribution in [-0.2, 0) is 11.2 Å². The van der Waals surface area contributed by atoms with Crippen LogP contribution in [0.5, 0.6) is 0 Å². The number of rotatable bonds is 3. The van der Waals surface area contributed by atoms with E-state index in [1.54, 1.807) is 6.20 Å². The Morgan fingerprint density at radius 2 is 2.37 bits per heavy atom. The highest BCUT2D eigenvalue weighted by Crippen LogP contribution is 2.33. The zero-order chi connectivity index (χ0) is 13.1. The number of benzene rings is 1. The summed E-state index contributed by atoms with van der Waals surface area (Å²) < 4.78 is 11.4. The molecule has 1 aliphatic heterocycles.